The summed E-state index contributed by atoms with van der Waals surface area (Å²) in [5, 5.41) is 13.7. The molecule has 2 aromatic carbocycles. The summed E-state index contributed by atoms with van der Waals surface area (Å²) in [6, 6.07) is 14.6. The summed E-state index contributed by atoms with van der Waals surface area (Å²) in [4.78, 5) is 11.3. The van der Waals surface area contributed by atoms with Gasteiger partial charge in [0.2, 0.25) is 0 Å². The lowest BCUT2D eigenvalue weighted by Gasteiger charge is -2.28. The number of rotatable bonds is 3. The Morgan fingerprint density at radius 2 is 1.91 bits per heavy atom. The van der Waals surface area contributed by atoms with Crippen LogP contribution in [0.15, 0.2) is 76.1 Å². The first-order valence-corrected chi connectivity index (χ1v) is 10.6. The fourth-order valence-corrected chi connectivity index (χ4v) is 4.28. The third-order valence-electron chi connectivity index (χ3n) is 6.00. The average molecular weight is 427 g/mol. The highest BCUT2D eigenvalue weighted by molar-refractivity contribution is 6.38. The van der Waals surface area contributed by atoms with Gasteiger partial charge in [0, 0.05) is 49.0 Å². The molecule has 0 bridgehead atoms. The van der Waals surface area contributed by atoms with Crippen molar-refractivity contribution in [3.63, 3.8) is 0 Å². The molecule has 0 aliphatic carbocycles. The quantitative estimate of drug-likeness (QED) is 0.652. The first-order chi connectivity index (χ1) is 15.7. The number of benzene rings is 2. The van der Waals surface area contributed by atoms with Crippen molar-refractivity contribution >= 4 is 46.0 Å². The summed E-state index contributed by atoms with van der Waals surface area (Å²) in [6.07, 6.45) is 7.32. The zero-order valence-electron chi connectivity index (χ0n) is 17.7. The lowest BCUT2D eigenvalue weighted by atomic mass is 10.2. The van der Waals surface area contributed by atoms with Crippen LogP contribution in [0.1, 0.15) is 0 Å². The van der Waals surface area contributed by atoms with Crippen molar-refractivity contribution in [3.8, 4) is 0 Å². The number of anilines is 2. The molecule has 9 nitrogen and oxygen atoms in total. The van der Waals surface area contributed by atoms with Gasteiger partial charge in [0.15, 0.2) is 11.9 Å². The number of aryl methyl sites for hydroxylation is 1. The van der Waals surface area contributed by atoms with Crippen molar-refractivity contribution in [2.75, 3.05) is 36.5 Å². The normalized spacial score (nSPS) is 22.1. The van der Waals surface area contributed by atoms with Crippen LogP contribution in [-0.2, 0) is 11.8 Å². The van der Waals surface area contributed by atoms with E-state index in [9.17, 15) is 0 Å². The number of nitrogens with zero attached hydrogens (tertiary/aromatic N) is 7. The van der Waals surface area contributed by atoms with Gasteiger partial charge in [-0.2, -0.15) is 10.1 Å². The predicted molar refractivity (Wildman–Crippen MR) is 128 cm³/mol. The minimum Gasteiger partial charge on any atom is -0.378 e. The molecule has 9 heteroatoms. The zero-order chi connectivity index (χ0) is 21.5. The third kappa shape index (κ3) is 3.10. The molecule has 1 aromatic heterocycles. The van der Waals surface area contributed by atoms with Crippen LogP contribution in [-0.4, -0.2) is 54.1 Å². The Kier molecular flexibility index (Phi) is 4.37. The Morgan fingerprint density at radius 3 is 2.75 bits per heavy atom. The van der Waals surface area contributed by atoms with Crippen LogP contribution in [0.4, 0.5) is 17.1 Å². The number of fused-ring (bicyclic) bond motifs is 2. The van der Waals surface area contributed by atoms with Gasteiger partial charge < -0.3 is 15.0 Å². The molecule has 1 unspecified atom stereocenters. The monoisotopic (exact) mass is 427 g/mol. The zero-order valence-corrected chi connectivity index (χ0v) is 17.7. The van der Waals surface area contributed by atoms with E-state index in [1.54, 1.807) is 12.4 Å². The first kappa shape index (κ1) is 18.9. The third-order valence-corrected chi connectivity index (χ3v) is 6.00. The van der Waals surface area contributed by atoms with Gasteiger partial charge in [-0.3, -0.25) is 9.67 Å². The molecule has 160 valence electrons. The molecule has 1 atom stereocenters. The van der Waals surface area contributed by atoms with E-state index in [1.165, 1.54) is 5.69 Å². The van der Waals surface area contributed by atoms with Crippen molar-refractivity contribution in [1.29, 1.82) is 0 Å². The number of hydrogen-bond donors (Lipinski definition) is 1. The maximum atomic E-state index is 5.44. The number of guanidine groups is 1. The maximum Gasteiger partial charge on any atom is 0.287 e. The van der Waals surface area contributed by atoms with Gasteiger partial charge in [0.1, 0.15) is 6.21 Å². The fraction of sp³-hybridized carbons (Fsp3) is 0.217. The lowest BCUT2D eigenvalue weighted by molar-refractivity contribution is 0.122. The summed E-state index contributed by atoms with van der Waals surface area (Å²) < 4.78 is 7.45. The van der Waals surface area contributed by atoms with E-state index >= 15 is 0 Å². The molecular formula is C23H23N8O+. The minimum atomic E-state index is 0.141. The predicted octanol–water partition coefficient (Wildman–Crippen LogP) is 3.07. The summed E-state index contributed by atoms with van der Waals surface area (Å²) in [5.41, 5.74) is 4.18. The molecular weight excluding hydrogens is 404 g/mol. The highest BCUT2D eigenvalue weighted by Crippen LogP contribution is 2.33. The molecule has 1 saturated heterocycles. The standard InChI is InChI=1S/C23H23N8O/c1-29-21-7-6-20(14-17(21)15-25-29)31-11-8-24-16-22(31)27-23(28-31)26-18-2-4-19(5-3-18)30-9-12-32-13-10-30/h2-8,11,14-16H,9-10,12-13H2,1H3,(H,26,28)/q+1. The van der Waals surface area contributed by atoms with Crippen molar-refractivity contribution < 1.29 is 4.74 Å². The van der Waals surface area contributed by atoms with Gasteiger partial charge >= 0.3 is 0 Å². The second-order valence-electron chi connectivity index (χ2n) is 7.94. The number of aliphatic imine (C=N–C) groups is 2. The number of aromatic nitrogens is 2. The van der Waals surface area contributed by atoms with Crippen LogP contribution in [0.2, 0.25) is 0 Å². The molecule has 0 radical (unpaired) electrons. The molecule has 32 heavy (non-hydrogen) atoms. The SMILES string of the molecule is Cn1ncc2cc([N+]34C=CN=CC3=NC(Nc3ccc(N5CCOCC5)cc3)=N4)ccc21. The largest absolute Gasteiger partial charge is 0.378 e. The van der Waals surface area contributed by atoms with Gasteiger partial charge in [-0.1, -0.05) is 4.59 Å². The Balaban J connectivity index is 1.30. The molecule has 0 saturated carbocycles. The van der Waals surface area contributed by atoms with E-state index in [0.29, 0.717) is 5.96 Å². The lowest BCUT2D eigenvalue weighted by Crippen LogP contribution is -2.44. The number of quaternary nitrogens is 1. The Labute approximate surface area is 185 Å². The van der Waals surface area contributed by atoms with Gasteiger partial charge in [0.25, 0.3) is 11.8 Å². The minimum absolute atomic E-state index is 0.141. The average Bonchev–Trinajstić information content (AvgIpc) is 3.40. The number of hydrogen-bond acceptors (Lipinski definition) is 7. The van der Waals surface area contributed by atoms with Crippen molar-refractivity contribution in [3.05, 3.63) is 61.1 Å². The van der Waals surface area contributed by atoms with E-state index in [1.807, 2.05) is 24.1 Å². The molecule has 3 aromatic rings. The maximum absolute atomic E-state index is 5.44. The Morgan fingerprint density at radius 1 is 1.06 bits per heavy atom. The van der Waals surface area contributed by atoms with Crippen molar-refractivity contribution in [1.82, 2.24) is 14.4 Å². The summed E-state index contributed by atoms with van der Waals surface area (Å²) in [7, 11) is 1.94. The molecule has 3 aliphatic rings. The number of nitrogens with one attached hydrogen (secondary N) is 1. The van der Waals surface area contributed by atoms with E-state index < -0.39 is 0 Å². The highest BCUT2D eigenvalue weighted by Gasteiger charge is 2.43. The Bertz CT molecular complexity index is 1300. The number of ether oxygens (including phenoxy) is 1. The van der Waals surface area contributed by atoms with Crippen LogP contribution in [0, 0.1) is 0 Å². The molecule has 0 spiro atoms. The molecule has 3 aliphatic heterocycles. The van der Waals surface area contributed by atoms with Gasteiger partial charge in [-0.05, 0) is 35.4 Å². The van der Waals surface area contributed by atoms with Crippen molar-refractivity contribution in [2.45, 2.75) is 0 Å². The molecule has 4 heterocycles. The van der Waals surface area contributed by atoms with Crippen molar-refractivity contribution in [2.24, 2.45) is 22.1 Å². The Hall–Kier alpha value is -3.82. The molecule has 1 fully saturated rings. The van der Waals surface area contributed by atoms with Crippen LogP contribution >= 0.6 is 0 Å². The van der Waals surface area contributed by atoms with Gasteiger partial charge in [-0.25, -0.2) is 0 Å². The van der Waals surface area contributed by atoms with Crippen LogP contribution in [0.25, 0.3) is 10.9 Å². The second-order valence-corrected chi connectivity index (χ2v) is 7.94. The van der Waals surface area contributed by atoms with E-state index in [2.05, 4.69) is 62.8 Å². The first-order valence-electron chi connectivity index (χ1n) is 10.6. The number of amidine groups is 1. The summed E-state index contributed by atoms with van der Waals surface area (Å²) >= 11 is 0. The van der Waals surface area contributed by atoms with E-state index in [0.717, 1.165) is 54.4 Å². The van der Waals surface area contributed by atoms with Crippen LogP contribution in [0.5, 0.6) is 0 Å². The van der Waals surface area contributed by atoms with E-state index in [-0.39, 0.29) is 4.59 Å². The molecule has 6 rings (SSSR count). The van der Waals surface area contributed by atoms with Gasteiger partial charge in [-0.15, -0.1) is 0 Å². The molecule has 1 N–H and O–H groups in total. The molecule has 0 amide bonds. The topological polar surface area (TPSA) is 79.4 Å². The highest BCUT2D eigenvalue weighted by atomic mass is 16.5. The van der Waals surface area contributed by atoms with Crippen LogP contribution < -0.4 is 14.8 Å². The van der Waals surface area contributed by atoms with Crippen LogP contribution in [0.3, 0.4) is 0 Å². The van der Waals surface area contributed by atoms with E-state index in [4.69, 9.17) is 14.8 Å². The van der Waals surface area contributed by atoms with Gasteiger partial charge in [0.05, 0.1) is 31.1 Å². The fourth-order valence-electron chi connectivity index (χ4n) is 4.28. The smallest absolute Gasteiger partial charge is 0.287 e. The summed E-state index contributed by atoms with van der Waals surface area (Å²) in [5.74, 6) is 1.28. The second kappa shape index (κ2) is 7.40. The number of morpholine rings is 1. The summed E-state index contributed by atoms with van der Waals surface area (Å²) in [6.45, 7) is 3.38.